The van der Waals surface area contributed by atoms with Crippen molar-refractivity contribution in [1.29, 1.82) is 0 Å². The Hall–Kier alpha value is -2.91. The number of hydrogen-bond donors (Lipinski definition) is 3. The lowest BCUT2D eigenvalue weighted by atomic mass is 10.2. The van der Waals surface area contributed by atoms with Gasteiger partial charge in [-0.1, -0.05) is 11.8 Å². The number of amides is 1. The van der Waals surface area contributed by atoms with E-state index in [0.29, 0.717) is 17.8 Å². The van der Waals surface area contributed by atoms with Crippen LogP contribution in [0, 0.1) is 11.8 Å². The van der Waals surface area contributed by atoms with Crippen LogP contribution in [0.4, 0.5) is 5.82 Å². The Morgan fingerprint density at radius 3 is 3.00 bits per heavy atom. The second kappa shape index (κ2) is 7.03. The highest BCUT2D eigenvalue weighted by Crippen LogP contribution is 2.07. The van der Waals surface area contributed by atoms with Crippen molar-refractivity contribution in [1.82, 2.24) is 9.97 Å². The average Bonchev–Trinajstić information content (AvgIpc) is 2.48. The first-order valence-corrected chi connectivity index (χ1v) is 6.25. The van der Waals surface area contributed by atoms with E-state index in [0.717, 1.165) is 0 Å². The number of carbonyl (C=O) groups is 1. The second-order valence-electron chi connectivity index (χ2n) is 4.10. The maximum absolute atomic E-state index is 12.0. The number of aromatic amines is 1. The van der Waals surface area contributed by atoms with E-state index < -0.39 is 5.91 Å². The minimum atomic E-state index is -0.422. The van der Waals surface area contributed by atoms with E-state index in [1.165, 1.54) is 24.5 Å². The summed E-state index contributed by atoms with van der Waals surface area (Å²) in [5, 5.41) is 11.3. The number of rotatable bonds is 3. The maximum Gasteiger partial charge on any atom is 0.257 e. The summed E-state index contributed by atoms with van der Waals surface area (Å²) in [6, 6.07) is 6.03. The number of pyridine rings is 2. The van der Waals surface area contributed by atoms with E-state index >= 15 is 0 Å². The van der Waals surface area contributed by atoms with Crippen molar-refractivity contribution in [3.63, 3.8) is 0 Å². The van der Waals surface area contributed by atoms with Crippen LogP contribution in [-0.4, -0.2) is 27.6 Å². The molecule has 0 spiro atoms. The Kier molecular flexibility index (Phi) is 4.85. The number of H-pyrrole nitrogens is 1. The van der Waals surface area contributed by atoms with Gasteiger partial charge in [0.05, 0.1) is 6.61 Å². The molecule has 6 heteroatoms. The van der Waals surface area contributed by atoms with Gasteiger partial charge in [-0.15, -0.1) is 0 Å². The quantitative estimate of drug-likeness (QED) is 0.725. The molecule has 21 heavy (non-hydrogen) atoms. The molecule has 0 aliphatic rings. The van der Waals surface area contributed by atoms with Crippen molar-refractivity contribution in [3.05, 3.63) is 58.1 Å². The van der Waals surface area contributed by atoms with Crippen molar-refractivity contribution in [2.24, 2.45) is 0 Å². The maximum atomic E-state index is 12.0. The highest BCUT2D eigenvalue weighted by atomic mass is 16.2. The van der Waals surface area contributed by atoms with Gasteiger partial charge >= 0.3 is 0 Å². The average molecular weight is 283 g/mol. The molecule has 0 unspecified atom stereocenters. The van der Waals surface area contributed by atoms with Crippen LogP contribution in [0.5, 0.6) is 0 Å². The van der Waals surface area contributed by atoms with E-state index in [1.54, 1.807) is 12.1 Å². The van der Waals surface area contributed by atoms with Crippen LogP contribution in [0.25, 0.3) is 0 Å². The summed E-state index contributed by atoms with van der Waals surface area (Å²) in [7, 11) is 0. The third-order valence-electron chi connectivity index (χ3n) is 2.51. The van der Waals surface area contributed by atoms with E-state index in [4.69, 9.17) is 5.11 Å². The molecule has 0 radical (unpaired) electrons. The Labute approximate surface area is 120 Å². The molecule has 2 aromatic rings. The van der Waals surface area contributed by atoms with Crippen molar-refractivity contribution in [3.8, 4) is 11.8 Å². The van der Waals surface area contributed by atoms with Crippen LogP contribution >= 0.6 is 0 Å². The minimum Gasteiger partial charge on any atom is -0.395 e. The summed E-state index contributed by atoms with van der Waals surface area (Å²) < 4.78 is 0. The van der Waals surface area contributed by atoms with Gasteiger partial charge in [0.15, 0.2) is 0 Å². The lowest BCUT2D eigenvalue weighted by Gasteiger charge is -2.04. The molecular weight excluding hydrogens is 270 g/mol. The van der Waals surface area contributed by atoms with Gasteiger partial charge in [0.1, 0.15) is 5.82 Å². The van der Waals surface area contributed by atoms with Crippen molar-refractivity contribution in [2.45, 2.75) is 6.42 Å². The lowest BCUT2D eigenvalue weighted by Crippen LogP contribution is -2.16. The highest BCUT2D eigenvalue weighted by molar-refractivity contribution is 6.03. The fraction of sp³-hybridized carbons (Fsp3) is 0.133. The molecule has 0 fully saturated rings. The Morgan fingerprint density at radius 1 is 1.38 bits per heavy atom. The largest absolute Gasteiger partial charge is 0.395 e. The molecule has 6 nitrogen and oxygen atoms in total. The molecule has 2 aromatic heterocycles. The van der Waals surface area contributed by atoms with Gasteiger partial charge in [0, 0.05) is 36.0 Å². The first kappa shape index (κ1) is 14.5. The summed E-state index contributed by atoms with van der Waals surface area (Å²) in [5.41, 5.74) is 0.580. The molecule has 2 rings (SSSR count). The van der Waals surface area contributed by atoms with Gasteiger partial charge in [-0.05, 0) is 18.2 Å². The molecule has 0 bridgehead atoms. The van der Waals surface area contributed by atoms with Gasteiger partial charge in [-0.2, -0.15) is 0 Å². The van der Waals surface area contributed by atoms with Crippen LogP contribution in [0.1, 0.15) is 22.3 Å². The Morgan fingerprint density at radius 2 is 2.24 bits per heavy atom. The first-order chi connectivity index (χ1) is 10.2. The molecule has 1 amide bonds. The Bertz CT molecular complexity index is 756. The molecular formula is C15H13N3O3. The number of aromatic nitrogens is 2. The first-order valence-electron chi connectivity index (χ1n) is 6.25. The lowest BCUT2D eigenvalue weighted by molar-refractivity contribution is 0.102. The van der Waals surface area contributed by atoms with Crippen LogP contribution in [0.3, 0.4) is 0 Å². The van der Waals surface area contributed by atoms with Gasteiger partial charge in [0.25, 0.3) is 5.91 Å². The van der Waals surface area contributed by atoms with Crippen LogP contribution in [0.15, 0.2) is 41.5 Å². The van der Waals surface area contributed by atoms with Gasteiger partial charge < -0.3 is 15.4 Å². The third kappa shape index (κ3) is 4.30. The number of aliphatic hydroxyl groups excluding tert-OH is 1. The standard InChI is InChI=1S/C15H13N3O3/c19-8-2-1-3-11-4-6-16-13(9-11)18-15(21)12-5-7-17-14(20)10-12/h4-7,9-10,19H,2,8H2,(H,17,20)(H,16,18,21). The number of aliphatic hydroxyl groups is 1. The fourth-order valence-electron chi connectivity index (χ4n) is 1.57. The number of hydrogen-bond acceptors (Lipinski definition) is 4. The molecule has 0 atom stereocenters. The van der Waals surface area contributed by atoms with Gasteiger partial charge in [-0.3, -0.25) is 9.59 Å². The monoisotopic (exact) mass is 283 g/mol. The summed E-state index contributed by atoms with van der Waals surface area (Å²) in [6.45, 7) is 0.00420. The summed E-state index contributed by atoms with van der Waals surface area (Å²) in [5.74, 6) is 5.56. The number of carbonyl (C=O) groups excluding carboxylic acids is 1. The molecule has 2 heterocycles. The summed E-state index contributed by atoms with van der Waals surface area (Å²) >= 11 is 0. The fourth-order valence-corrected chi connectivity index (χ4v) is 1.57. The third-order valence-corrected chi connectivity index (χ3v) is 2.51. The van der Waals surface area contributed by atoms with E-state index in [2.05, 4.69) is 27.1 Å². The minimum absolute atomic E-state index is 0.00420. The van der Waals surface area contributed by atoms with Crippen LogP contribution < -0.4 is 10.9 Å². The molecule has 0 saturated heterocycles. The van der Waals surface area contributed by atoms with E-state index in [9.17, 15) is 9.59 Å². The van der Waals surface area contributed by atoms with Crippen LogP contribution in [0.2, 0.25) is 0 Å². The number of nitrogens with zero attached hydrogens (tertiary/aromatic N) is 1. The van der Waals surface area contributed by atoms with E-state index in [-0.39, 0.29) is 17.7 Å². The summed E-state index contributed by atoms with van der Waals surface area (Å²) in [4.78, 5) is 29.6. The van der Waals surface area contributed by atoms with E-state index in [1.807, 2.05) is 0 Å². The smallest absolute Gasteiger partial charge is 0.257 e. The molecule has 0 aromatic carbocycles. The second-order valence-corrected chi connectivity index (χ2v) is 4.10. The molecule has 3 N–H and O–H groups in total. The normalized spacial score (nSPS) is 9.57. The molecule has 106 valence electrons. The van der Waals surface area contributed by atoms with Crippen LogP contribution in [-0.2, 0) is 0 Å². The van der Waals surface area contributed by atoms with Crippen molar-refractivity contribution in [2.75, 3.05) is 11.9 Å². The predicted octanol–water partition coefficient (Wildman–Crippen LogP) is 0.756. The number of anilines is 1. The predicted molar refractivity (Wildman–Crippen MR) is 77.8 cm³/mol. The highest BCUT2D eigenvalue weighted by Gasteiger charge is 2.07. The molecule has 0 saturated carbocycles. The number of nitrogens with one attached hydrogen (secondary N) is 2. The van der Waals surface area contributed by atoms with Gasteiger partial charge in [0.2, 0.25) is 5.56 Å². The molecule has 0 aliphatic heterocycles. The van der Waals surface area contributed by atoms with Gasteiger partial charge in [-0.25, -0.2) is 4.98 Å². The summed E-state index contributed by atoms with van der Waals surface area (Å²) in [6.07, 6.45) is 3.31. The Balaban J connectivity index is 2.13. The van der Waals surface area contributed by atoms with Crippen molar-refractivity contribution >= 4 is 11.7 Å². The topological polar surface area (TPSA) is 95.1 Å². The zero-order chi connectivity index (χ0) is 15.1. The van der Waals surface area contributed by atoms with Crippen molar-refractivity contribution < 1.29 is 9.90 Å². The molecule has 0 aliphatic carbocycles. The zero-order valence-electron chi connectivity index (χ0n) is 11.1. The SMILES string of the molecule is O=C(Nc1cc(C#CCCO)ccn1)c1cc[nH]c(=O)c1. The zero-order valence-corrected chi connectivity index (χ0v) is 11.1.